The maximum atomic E-state index is 13.1. The molecule has 0 spiro atoms. The lowest BCUT2D eigenvalue weighted by atomic mass is 10.1. The minimum atomic E-state index is -3.67. The molecule has 0 bridgehead atoms. The number of hydrogen-bond acceptors (Lipinski definition) is 4. The lowest BCUT2D eigenvalue weighted by Gasteiger charge is -2.25. The fourth-order valence-electron chi connectivity index (χ4n) is 5.17. The molecule has 5 nitrogen and oxygen atoms in total. The van der Waals surface area contributed by atoms with Gasteiger partial charge in [-0.1, -0.05) is 70.1 Å². The summed E-state index contributed by atoms with van der Waals surface area (Å²) in [4.78, 5) is 2.88. The topological polar surface area (TPSA) is 61.4 Å². The molecule has 0 aliphatic carbocycles. The van der Waals surface area contributed by atoms with Crippen LogP contribution in [0.5, 0.6) is 0 Å². The minimum absolute atomic E-state index is 0.347. The van der Waals surface area contributed by atoms with Gasteiger partial charge in [0.1, 0.15) is 0 Å². The molecule has 0 saturated carbocycles. The first kappa shape index (κ1) is 30.6. The third-order valence-electron chi connectivity index (χ3n) is 7.09. The number of rotatable bonds is 16. The molecule has 0 aliphatic heterocycles. The summed E-state index contributed by atoms with van der Waals surface area (Å²) in [5.41, 5.74) is 6.29. The Morgan fingerprint density at radius 1 is 0.641 bits per heavy atom. The van der Waals surface area contributed by atoms with Crippen LogP contribution in [0, 0.1) is 20.8 Å². The summed E-state index contributed by atoms with van der Waals surface area (Å²) in [6.07, 6.45) is 10.2. The first-order valence-electron chi connectivity index (χ1n) is 14.6. The standard InChI is InChI=1S/C33H47N3O2S/c1-6-8-10-12-22-36(23-13-11-9-7-2)32-20-18-30(19-21-32)34-29-14-16-31(17-15-29)35-39(37,38)33-27(4)24-26(3)25-28(33)5/h14-21,24-25,34-35H,6-13,22-23H2,1-5H3. The zero-order valence-corrected chi connectivity index (χ0v) is 25.3. The van der Waals surface area contributed by atoms with Crippen LogP contribution in [0.4, 0.5) is 22.7 Å². The van der Waals surface area contributed by atoms with Crippen molar-refractivity contribution in [3.63, 3.8) is 0 Å². The van der Waals surface area contributed by atoms with E-state index in [1.807, 2.05) is 45.0 Å². The van der Waals surface area contributed by atoms with Crippen LogP contribution in [0.1, 0.15) is 81.9 Å². The van der Waals surface area contributed by atoms with E-state index in [0.29, 0.717) is 10.6 Å². The van der Waals surface area contributed by atoms with Crippen molar-refractivity contribution in [2.45, 2.75) is 90.9 Å². The van der Waals surface area contributed by atoms with Gasteiger partial charge in [-0.05, 0) is 93.3 Å². The Bertz CT molecular complexity index is 1230. The van der Waals surface area contributed by atoms with E-state index < -0.39 is 10.0 Å². The van der Waals surface area contributed by atoms with Crippen LogP contribution in [0.2, 0.25) is 0 Å². The predicted molar refractivity (Wildman–Crippen MR) is 168 cm³/mol. The van der Waals surface area contributed by atoms with Gasteiger partial charge in [-0.15, -0.1) is 0 Å². The zero-order valence-electron chi connectivity index (χ0n) is 24.5. The Morgan fingerprint density at radius 2 is 1.10 bits per heavy atom. The second kappa shape index (κ2) is 15.0. The van der Waals surface area contributed by atoms with Crippen LogP contribution in [-0.2, 0) is 10.0 Å². The number of aryl methyl sites for hydroxylation is 3. The van der Waals surface area contributed by atoms with E-state index in [1.165, 1.54) is 57.1 Å². The fourth-order valence-corrected chi connectivity index (χ4v) is 6.68. The molecule has 0 heterocycles. The molecule has 6 heteroatoms. The van der Waals surface area contributed by atoms with E-state index in [-0.39, 0.29) is 0 Å². The summed E-state index contributed by atoms with van der Waals surface area (Å²) in [6, 6.07) is 19.8. The fraction of sp³-hybridized carbons (Fsp3) is 0.455. The number of benzene rings is 3. The van der Waals surface area contributed by atoms with Crippen molar-refractivity contribution < 1.29 is 8.42 Å². The van der Waals surface area contributed by atoms with Crippen molar-refractivity contribution in [1.82, 2.24) is 0 Å². The van der Waals surface area contributed by atoms with Crippen LogP contribution < -0.4 is 14.9 Å². The highest BCUT2D eigenvalue weighted by Crippen LogP contribution is 2.27. The average molecular weight is 550 g/mol. The first-order chi connectivity index (χ1) is 18.7. The van der Waals surface area contributed by atoms with E-state index in [2.05, 4.69) is 53.1 Å². The highest BCUT2D eigenvalue weighted by atomic mass is 32.2. The van der Waals surface area contributed by atoms with E-state index in [4.69, 9.17) is 0 Å². The predicted octanol–water partition coefficient (Wildman–Crippen LogP) is 9.12. The summed E-state index contributed by atoms with van der Waals surface area (Å²) in [7, 11) is -3.67. The van der Waals surface area contributed by atoms with E-state index in [9.17, 15) is 8.42 Å². The third kappa shape index (κ3) is 9.31. The number of hydrogen-bond donors (Lipinski definition) is 2. The maximum Gasteiger partial charge on any atom is 0.262 e. The highest BCUT2D eigenvalue weighted by molar-refractivity contribution is 7.92. The summed E-state index contributed by atoms with van der Waals surface area (Å²) in [6.45, 7) is 12.4. The van der Waals surface area contributed by atoms with Gasteiger partial charge in [-0.25, -0.2) is 8.42 Å². The van der Waals surface area contributed by atoms with E-state index in [1.54, 1.807) is 12.1 Å². The Labute approximate surface area is 237 Å². The van der Waals surface area contributed by atoms with Crippen LogP contribution in [0.15, 0.2) is 65.6 Å². The molecule has 0 amide bonds. The van der Waals surface area contributed by atoms with Gasteiger partial charge in [0.25, 0.3) is 10.0 Å². The third-order valence-corrected chi connectivity index (χ3v) is 8.78. The van der Waals surface area contributed by atoms with Crippen LogP contribution in [0.25, 0.3) is 0 Å². The van der Waals surface area contributed by atoms with Crippen molar-refractivity contribution in [3.8, 4) is 0 Å². The molecule has 212 valence electrons. The van der Waals surface area contributed by atoms with Crippen molar-refractivity contribution in [2.24, 2.45) is 0 Å². The SMILES string of the molecule is CCCCCCN(CCCCCC)c1ccc(Nc2ccc(NS(=O)(=O)c3c(C)cc(C)cc3C)cc2)cc1. The molecule has 0 unspecified atom stereocenters. The Balaban J connectivity index is 1.63. The molecule has 0 saturated heterocycles. The minimum Gasteiger partial charge on any atom is -0.372 e. The highest BCUT2D eigenvalue weighted by Gasteiger charge is 2.20. The van der Waals surface area contributed by atoms with Crippen molar-refractivity contribution in [2.75, 3.05) is 28.0 Å². The smallest absolute Gasteiger partial charge is 0.262 e. The van der Waals surface area contributed by atoms with Gasteiger partial charge in [0, 0.05) is 35.8 Å². The Morgan fingerprint density at radius 3 is 1.59 bits per heavy atom. The lowest BCUT2D eigenvalue weighted by Crippen LogP contribution is -2.25. The number of sulfonamides is 1. The van der Waals surface area contributed by atoms with Gasteiger partial charge in [0.2, 0.25) is 0 Å². The monoisotopic (exact) mass is 549 g/mol. The van der Waals surface area contributed by atoms with Gasteiger partial charge in [-0.2, -0.15) is 0 Å². The lowest BCUT2D eigenvalue weighted by molar-refractivity contribution is 0.600. The molecule has 0 atom stereocenters. The Kier molecular flexibility index (Phi) is 11.7. The summed E-state index contributed by atoms with van der Waals surface area (Å²) in [5.74, 6) is 0. The van der Waals surface area contributed by atoms with E-state index >= 15 is 0 Å². The van der Waals surface area contributed by atoms with Gasteiger partial charge < -0.3 is 10.2 Å². The molecule has 3 aromatic rings. The maximum absolute atomic E-state index is 13.1. The molecule has 0 fully saturated rings. The van der Waals surface area contributed by atoms with Gasteiger partial charge in [0.05, 0.1) is 4.90 Å². The van der Waals surface area contributed by atoms with Crippen LogP contribution >= 0.6 is 0 Å². The molecule has 0 aromatic heterocycles. The van der Waals surface area contributed by atoms with E-state index in [0.717, 1.165) is 41.2 Å². The number of anilines is 4. The molecular formula is C33H47N3O2S. The zero-order chi connectivity index (χ0) is 28.3. The number of unbranched alkanes of at least 4 members (excludes halogenated alkanes) is 6. The van der Waals surface area contributed by atoms with Gasteiger partial charge in [0.15, 0.2) is 0 Å². The molecule has 3 aromatic carbocycles. The molecule has 0 radical (unpaired) electrons. The molecule has 2 N–H and O–H groups in total. The van der Waals surface area contributed by atoms with Gasteiger partial charge >= 0.3 is 0 Å². The van der Waals surface area contributed by atoms with Crippen LogP contribution in [-0.4, -0.2) is 21.5 Å². The van der Waals surface area contributed by atoms with Gasteiger partial charge in [-0.3, -0.25) is 4.72 Å². The molecule has 3 rings (SSSR count). The second-order valence-corrected chi connectivity index (χ2v) is 12.3. The van der Waals surface area contributed by atoms with Crippen molar-refractivity contribution >= 4 is 32.8 Å². The molecule has 0 aliphatic rings. The normalized spacial score (nSPS) is 11.4. The summed E-state index contributed by atoms with van der Waals surface area (Å²) >= 11 is 0. The average Bonchev–Trinajstić information content (AvgIpc) is 2.88. The van der Waals surface area contributed by atoms with Crippen molar-refractivity contribution in [1.29, 1.82) is 0 Å². The number of nitrogens with zero attached hydrogens (tertiary/aromatic N) is 1. The van der Waals surface area contributed by atoms with Crippen molar-refractivity contribution in [3.05, 3.63) is 77.4 Å². The quantitative estimate of drug-likeness (QED) is 0.175. The van der Waals surface area contributed by atoms with Crippen LogP contribution in [0.3, 0.4) is 0 Å². The molecule has 39 heavy (non-hydrogen) atoms. The first-order valence-corrected chi connectivity index (χ1v) is 16.0. The summed E-state index contributed by atoms with van der Waals surface area (Å²) in [5, 5.41) is 3.44. The summed E-state index contributed by atoms with van der Waals surface area (Å²) < 4.78 is 28.9. The molecular weight excluding hydrogens is 502 g/mol. The Hall–Kier alpha value is -2.99. The second-order valence-electron chi connectivity index (χ2n) is 10.7. The largest absolute Gasteiger partial charge is 0.372 e. The number of nitrogens with one attached hydrogen (secondary N) is 2.